The van der Waals surface area contributed by atoms with Gasteiger partial charge in [0.05, 0.1) is 18.5 Å². The van der Waals surface area contributed by atoms with Gasteiger partial charge in [0.15, 0.2) is 0 Å². The number of benzene rings is 1. The van der Waals surface area contributed by atoms with Crippen LogP contribution in [0.5, 0.6) is 0 Å². The van der Waals surface area contributed by atoms with Crippen molar-refractivity contribution in [3.8, 4) is 11.1 Å². The van der Waals surface area contributed by atoms with E-state index >= 15 is 0 Å². The molecular weight excluding hydrogens is 605 g/mol. The number of hydrogen-bond donors (Lipinski definition) is 2. The molecule has 2 aromatic heterocycles. The van der Waals surface area contributed by atoms with Gasteiger partial charge in [0.25, 0.3) is 5.91 Å². The zero-order valence-electron chi connectivity index (χ0n) is 27.9. The largest absolute Gasteiger partial charge is 0.617 e. The molecule has 4 rings (SSSR count). The van der Waals surface area contributed by atoms with Gasteiger partial charge in [-0.2, -0.15) is 10.2 Å². The standard InChI is InChI=1S/C33H50N6O4SSi/c1-23-8-10-27(11-9-23)31(36-32(40)29-16-17-34-38(29)18-20-44(4)42)33(41)35-28-14-12-26(13-15-28)30-24(2)37-39(25(30)3)22-43-19-21-45(5,6)7/h12-17,23,27,31H,8-11,18-22H2,1-7H3,(H,35,41)(H,36,40)/t23?,27?,31-,44?/m0/s1. The third-order valence-electron chi connectivity index (χ3n) is 8.67. The van der Waals surface area contributed by atoms with Crippen molar-refractivity contribution in [2.45, 2.75) is 91.5 Å². The van der Waals surface area contributed by atoms with Gasteiger partial charge in [-0.15, -0.1) is 0 Å². The topological polar surface area (TPSA) is 126 Å². The molecule has 1 unspecified atom stereocenters. The summed E-state index contributed by atoms with van der Waals surface area (Å²) in [6.07, 6.45) is 6.97. The van der Waals surface area contributed by atoms with Gasteiger partial charge in [-0.05, 0) is 68.3 Å². The molecule has 246 valence electrons. The Balaban J connectivity index is 1.45. The van der Waals surface area contributed by atoms with Gasteiger partial charge < -0.3 is 19.9 Å². The summed E-state index contributed by atoms with van der Waals surface area (Å²) in [6, 6.07) is 9.85. The average molecular weight is 655 g/mol. The summed E-state index contributed by atoms with van der Waals surface area (Å²) in [5, 5.41) is 15.0. The highest BCUT2D eigenvalue weighted by atomic mass is 32.2. The molecule has 0 saturated heterocycles. The highest BCUT2D eigenvalue weighted by Gasteiger charge is 2.33. The first kappa shape index (κ1) is 34.9. The summed E-state index contributed by atoms with van der Waals surface area (Å²) in [4.78, 5) is 27.1. The minimum absolute atomic E-state index is 0.0352. The van der Waals surface area contributed by atoms with Crippen LogP contribution in [0.1, 0.15) is 54.5 Å². The molecule has 0 aliphatic heterocycles. The van der Waals surface area contributed by atoms with Crippen molar-refractivity contribution < 1.29 is 18.9 Å². The van der Waals surface area contributed by atoms with Gasteiger partial charge in [-0.3, -0.25) is 14.3 Å². The Kier molecular flexibility index (Phi) is 12.1. The highest BCUT2D eigenvalue weighted by molar-refractivity contribution is 7.90. The Hall–Kier alpha value is -2.93. The lowest BCUT2D eigenvalue weighted by Crippen LogP contribution is -2.49. The van der Waals surface area contributed by atoms with Crippen LogP contribution in [0.3, 0.4) is 0 Å². The molecule has 2 amide bonds. The number of nitrogens with zero attached hydrogens (tertiary/aromatic N) is 4. The second kappa shape index (κ2) is 15.6. The maximum atomic E-state index is 13.7. The van der Waals surface area contributed by atoms with Crippen LogP contribution in [0.15, 0.2) is 36.5 Å². The van der Waals surface area contributed by atoms with E-state index in [0.29, 0.717) is 36.3 Å². The van der Waals surface area contributed by atoms with Crippen LogP contribution in [-0.4, -0.2) is 68.7 Å². The summed E-state index contributed by atoms with van der Waals surface area (Å²) in [5.74, 6) is 0.461. The Bertz CT molecular complexity index is 1420. The molecule has 45 heavy (non-hydrogen) atoms. The number of rotatable bonds is 14. The summed E-state index contributed by atoms with van der Waals surface area (Å²) < 4.78 is 21.0. The van der Waals surface area contributed by atoms with Crippen molar-refractivity contribution in [2.24, 2.45) is 11.8 Å². The molecular formula is C33H50N6O4SSi. The van der Waals surface area contributed by atoms with E-state index in [0.717, 1.165) is 60.8 Å². The fourth-order valence-electron chi connectivity index (χ4n) is 5.86. The quantitative estimate of drug-likeness (QED) is 0.132. The van der Waals surface area contributed by atoms with E-state index in [-0.39, 0.29) is 17.7 Å². The Labute approximate surface area is 271 Å². The van der Waals surface area contributed by atoms with Crippen molar-refractivity contribution in [1.82, 2.24) is 24.9 Å². The first-order chi connectivity index (χ1) is 21.3. The van der Waals surface area contributed by atoms with Gasteiger partial charge in [0.2, 0.25) is 5.91 Å². The molecule has 1 aliphatic rings. The lowest BCUT2D eigenvalue weighted by molar-refractivity contribution is -0.119. The number of carbonyl (C=O) groups excluding carboxylic acids is 2. The molecule has 1 fully saturated rings. The average Bonchev–Trinajstić information content (AvgIpc) is 3.57. The summed E-state index contributed by atoms with van der Waals surface area (Å²) in [7, 11) is -1.15. The van der Waals surface area contributed by atoms with E-state index < -0.39 is 25.3 Å². The van der Waals surface area contributed by atoms with Crippen molar-refractivity contribution in [3.05, 3.63) is 53.6 Å². The Morgan fingerprint density at radius 3 is 2.42 bits per heavy atom. The van der Waals surface area contributed by atoms with Crippen LogP contribution >= 0.6 is 0 Å². The fraction of sp³-hybridized carbons (Fsp3) is 0.576. The zero-order valence-corrected chi connectivity index (χ0v) is 29.7. The third kappa shape index (κ3) is 9.78. The Morgan fingerprint density at radius 1 is 1.09 bits per heavy atom. The molecule has 3 aromatic rings. The summed E-state index contributed by atoms with van der Waals surface area (Å²) >= 11 is -1.01. The van der Waals surface area contributed by atoms with E-state index in [2.05, 4.69) is 49.2 Å². The van der Waals surface area contributed by atoms with Gasteiger partial charge in [0, 0.05) is 37.8 Å². The normalized spacial score (nSPS) is 18.4. The van der Waals surface area contributed by atoms with Crippen molar-refractivity contribution in [1.29, 1.82) is 0 Å². The smallest absolute Gasteiger partial charge is 0.270 e. The monoisotopic (exact) mass is 654 g/mol. The molecule has 0 radical (unpaired) electrons. The van der Waals surface area contributed by atoms with Gasteiger partial charge in [-0.25, -0.2) is 4.68 Å². The van der Waals surface area contributed by atoms with Crippen molar-refractivity contribution in [3.63, 3.8) is 0 Å². The number of hydrogen-bond acceptors (Lipinski definition) is 6. The number of ether oxygens (including phenoxy) is 1. The first-order valence-electron chi connectivity index (χ1n) is 16.0. The van der Waals surface area contributed by atoms with Gasteiger partial charge >= 0.3 is 0 Å². The zero-order chi connectivity index (χ0) is 32.7. The molecule has 1 aliphatic carbocycles. The van der Waals surface area contributed by atoms with Crippen LogP contribution in [0.4, 0.5) is 5.69 Å². The number of carbonyl (C=O) groups is 2. The molecule has 1 aromatic carbocycles. The predicted molar refractivity (Wildman–Crippen MR) is 183 cm³/mol. The molecule has 1 saturated carbocycles. The number of aromatic nitrogens is 4. The highest BCUT2D eigenvalue weighted by Crippen LogP contribution is 2.32. The summed E-state index contributed by atoms with van der Waals surface area (Å²) in [6.45, 7) is 14.8. The number of anilines is 1. The maximum Gasteiger partial charge on any atom is 0.270 e. The minimum atomic E-state index is -1.15. The van der Waals surface area contributed by atoms with Gasteiger partial charge in [0.1, 0.15) is 24.2 Å². The molecule has 10 nitrogen and oxygen atoms in total. The molecule has 0 spiro atoms. The molecule has 2 atom stereocenters. The van der Waals surface area contributed by atoms with Crippen LogP contribution < -0.4 is 10.6 Å². The lowest BCUT2D eigenvalue weighted by atomic mass is 9.79. The van der Waals surface area contributed by atoms with E-state index in [4.69, 9.17) is 9.84 Å². The minimum Gasteiger partial charge on any atom is -0.617 e. The number of aryl methyl sites for hydroxylation is 2. The molecule has 2 N–H and O–H groups in total. The maximum absolute atomic E-state index is 13.7. The van der Waals surface area contributed by atoms with E-state index in [1.54, 1.807) is 23.2 Å². The second-order valence-electron chi connectivity index (χ2n) is 13.6. The van der Waals surface area contributed by atoms with E-state index in [9.17, 15) is 14.1 Å². The second-order valence-corrected chi connectivity index (χ2v) is 20.8. The molecule has 12 heteroatoms. The van der Waals surface area contributed by atoms with Gasteiger partial charge in [-0.1, -0.05) is 62.7 Å². The number of nitrogens with one attached hydrogen (secondary N) is 2. The summed E-state index contributed by atoms with van der Waals surface area (Å²) in [5.41, 5.74) is 5.07. The van der Waals surface area contributed by atoms with E-state index in [1.807, 2.05) is 35.9 Å². The van der Waals surface area contributed by atoms with Crippen LogP contribution in [0.2, 0.25) is 25.7 Å². The van der Waals surface area contributed by atoms with Crippen molar-refractivity contribution in [2.75, 3.05) is 23.9 Å². The molecule has 0 bridgehead atoms. The third-order valence-corrected chi connectivity index (χ3v) is 11.1. The molecule has 2 heterocycles. The van der Waals surface area contributed by atoms with Crippen LogP contribution in [0, 0.1) is 25.7 Å². The first-order valence-corrected chi connectivity index (χ1v) is 21.4. The fourth-order valence-corrected chi connectivity index (χ4v) is 7.05. The van der Waals surface area contributed by atoms with Crippen LogP contribution in [0.25, 0.3) is 11.1 Å². The van der Waals surface area contributed by atoms with Crippen molar-refractivity contribution >= 4 is 36.8 Å². The van der Waals surface area contributed by atoms with E-state index in [1.165, 1.54) is 0 Å². The van der Waals surface area contributed by atoms with Crippen LogP contribution in [-0.2, 0) is 34.0 Å². The lowest BCUT2D eigenvalue weighted by Gasteiger charge is -2.32. The SMILES string of the molecule is Cc1nn(COCC[Si](C)(C)C)c(C)c1-c1ccc(NC(=O)[C@@H](NC(=O)c2ccnn2CC[S+](C)[O-])C2CCC(C)CC2)cc1. The Morgan fingerprint density at radius 2 is 1.78 bits per heavy atom. The number of amides is 2. The predicted octanol–water partition coefficient (Wildman–Crippen LogP) is 5.62.